The molecule has 0 spiro atoms. The summed E-state index contributed by atoms with van der Waals surface area (Å²) in [6, 6.07) is 10.7. The van der Waals surface area contributed by atoms with Crippen LogP contribution in [0.2, 0.25) is 0 Å². The van der Waals surface area contributed by atoms with E-state index in [1.165, 1.54) is 46.6 Å². The van der Waals surface area contributed by atoms with Crippen molar-refractivity contribution >= 4 is 15.8 Å². The van der Waals surface area contributed by atoms with E-state index in [1.807, 2.05) is 0 Å². The van der Waals surface area contributed by atoms with Gasteiger partial charge in [-0.25, -0.2) is 0 Å². The molecule has 0 saturated heterocycles. The predicted molar refractivity (Wildman–Crippen MR) is 107 cm³/mol. The summed E-state index contributed by atoms with van der Waals surface area (Å²) in [5.41, 5.74) is 6.85. The van der Waals surface area contributed by atoms with E-state index >= 15 is 0 Å². The molecule has 2 N–H and O–H groups in total. The lowest BCUT2D eigenvalue weighted by Crippen LogP contribution is -2.16. The number of anilines is 1. The van der Waals surface area contributed by atoms with Gasteiger partial charge in [0.15, 0.2) is 11.5 Å². The van der Waals surface area contributed by atoms with E-state index in [1.54, 1.807) is 24.3 Å². The first-order chi connectivity index (χ1) is 13.8. The molecule has 0 aliphatic rings. The topological polar surface area (TPSA) is 115 Å². The van der Waals surface area contributed by atoms with Crippen molar-refractivity contribution in [1.82, 2.24) is 9.19 Å². The Morgan fingerprint density at radius 2 is 1.45 bits per heavy atom. The predicted octanol–water partition coefficient (Wildman–Crippen LogP) is 2.40. The van der Waals surface area contributed by atoms with E-state index in [0.29, 0.717) is 34.3 Å². The summed E-state index contributed by atoms with van der Waals surface area (Å²) in [5, 5.41) is 4.20. The number of aromatic nitrogens is 2. The van der Waals surface area contributed by atoms with Gasteiger partial charge in [0.1, 0.15) is 11.6 Å². The van der Waals surface area contributed by atoms with Crippen LogP contribution in [-0.2, 0) is 10.0 Å². The van der Waals surface area contributed by atoms with Crippen molar-refractivity contribution in [2.24, 2.45) is 0 Å². The van der Waals surface area contributed by atoms with Gasteiger partial charge in [0, 0.05) is 11.6 Å². The van der Waals surface area contributed by atoms with Crippen LogP contribution in [0, 0.1) is 0 Å². The Balaban J connectivity index is 2.09. The first-order valence-corrected chi connectivity index (χ1v) is 9.85. The van der Waals surface area contributed by atoms with Gasteiger partial charge in [-0.05, 0) is 36.4 Å². The molecule has 0 bridgehead atoms. The van der Waals surface area contributed by atoms with E-state index in [2.05, 4.69) is 5.10 Å². The fraction of sp³-hybridized carbons (Fsp3) is 0.211. The number of nitrogen functional groups attached to an aromatic ring is 1. The zero-order valence-corrected chi connectivity index (χ0v) is 17.2. The molecule has 9 nitrogen and oxygen atoms in total. The van der Waals surface area contributed by atoms with Crippen molar-refractivity contribution < 1.29 is 27.4 Å². The van der Waals surface area contributed by atoms with Crippen molar-refractivity contribution in [3.8, 4) is 34.3 Å². The monoisotopic (exact) mass is 419 g/mol. The first kappa shape index (κ1) is 20.3. The van der Waals surface area contributed by atoms with Crippen LogP contribution in [0.15, 0.2) is 47.4 Å². The molecule has 0 unspecified atom stereocenters. The minimum absolute atomic E-state index is 0.0320. The molecule has 3 aromatic rings. The average molecular weight is 419 g/mol. The van der Waals surface area contributed by atoms with Gasteiger partial charge in [-0.3, -0.25) is 0 Å². The summed E-state index contributed by atoms with van der Waals surface area (Å²) in [6.45, 7) is 0. The van der Waals surface area contributed by atoms with Crippen LogP contribution < -0.4 is 24.7 Å². The summed E-state index contributed by atoms with van der Waals surface area (Å²) in [4.78, 5) is 0.0320. The number of hydrogen-bond donors (Lipinski definition) is 1. The van der Waals surface area contributed by atoms with Gasteiger partial charge in [0.05, 0.1) is 39.0 Å². The molecule has 0 aliphatic heterocycles. The Hall–Kier alpha value is -3.40. The highest BCUT2D eigenvalue weighted by Gasteiger charge is 2.23. The number of benzene rings is 2. The Morgan fingerprint density at radius 1 is 0.862 bits per heavy atom. The lowest BCUT2D eigenvalue weighted by atomic mass is 10.1. The standard InChI is InChI=1S/C19H21N3O6S/c1-25-13-5-7-14(8-6-13)29(23,24)22-18(20)11-15(21-22)12-9-16(26-2)19(28-4)17(10-12)27-3/h5-11H,20H2,1-4H3. The van der Waals surface area contributed by atoms with E-state index < -0.39 is 10.0 Å². The average Bonchev–Trinajstić information content (AvgIpc) is 3.15. The van der Waals surface area contributed by atoms with Crippen LogP contribution in [0.5, 0.6) is 23.0 Å². The van der Waals surface area contributed by atoms with E-state index in [-0.39, 0.29) is 10.7 Å². The van der Waals surface area contributed by atoms with Gasteiger partial charge in [0.2, 0.25) is 5.75 Å². The number of nitrogens with zero attached hydrogens (tertiary/aromatic N) is 2. The lowest BCUT2D eigenvalue weighted by Gasteiger charge is -2.13. The third kappa shape index (κ3) is 3.66. The molecule has 3 rings (SSSR count). The van der Waals surface area contributed by atoms with Gasteiger partial charge in [-0.2, -0.15) is 13.5 Å². The molecule has 0 saturated carbocycles. The third-order valence-corrected chi connectivity index (χ3v) is 5.87. The zero-order valence-electron chi connectivity index (χ0n) is 16.4. The number of nitrogens with two attached hydrogens (primary N) is 1. The molecule has 2 aromatic carbocycles. The van der Waals surface area contributed by atoms with Crippen molar-refractivity contribution in [3.05, 3.63) is 42.5 Å². The van der Waals surface area contributed by atoms with Gasteiger partial charge < -0.3 is 24.7 Å². The third-order valence-electron chi connectivity index (χ3n) is 4.25. The zero-order chi connectivity index (χ0) is 21.2. The summed E-state index contributed by atoms with van der Waals surface area (Å²) < 4.78 is 47.7. The van der Waals surface area contributed by atoms with Gasteiger partial charge in [0.25, 0.3) is 10.0 Å². The summed E-state index contributed by atoms with van der Waals surface area (Å²) in [7, 11) is 1.98. The van der Waals surface area contributed by atoms with Crippen LogP contribution in [0.4, 0.5) is 5.82 Å². The van der Waals surface area contributed by atoms with Crippen molar-refractivity contribution in [2.75, 3.05) is 34.2 Å². The highest BCUT2D eigenvalue weighted by molar-refractivity contribution is 7.90. The lowest BCUT2D eigenvalue weighted by molar-refractivity contribution is 0.324. The van der Waals surface area contributed by atoms with E-state index in [0.717, 1.165) is 4.09 Å². The van der Waals surface area contributed by atoms with Gasteiger partial charge in [-0.15, -0.1) is 4.09 Å². The Labute approximate surface area is 168 Å². The smallest absolute Gasteiger partial charge is 0.284 e. The Kier molecular flexibility index (Phi) is 5.55. The van der Waals surface area contributed by atoms with Gasteiger partial charge >= 0.3 is 0 Å². The van der Waals surface area contributed by atoms with Crippen molar-refractivity contribution in [3.63, 3.8) is 0 Å². The Morgan fingerprint density at radius 3 is 1.93 bits per heavy atom. The molecule has 0 fully saturated rings. The quantitative estimate of drug-likeness (QED) is 0.621. The number of methoxy groups -OCH3 is 4. The molecule has 0 radical (unpaired) electrons. The number of ether oxygens (including phenoxy) is 4. The van der Waals surface area contributed by atoms with Crippen LogP contribution in [-0.4, -0.2) is 46.0 Å². The largest absolute Gasteiger partial charge is 0.497 e. The minimum Gasteiger partial charge on any atom is -0.497 e. The molecule has 1 heterocycles. The first-order valence-electron chi connectivity index (χ1n) is 8.41. The van der Waals surface area contributed by atoms with Crippen LogP contribution in [0.25, 0.3) is 11.3 Å². The van der Waals surface area contributed by atoms with Crippen molar-refractivity contribution in [1.29, 1.82) is 0 Å². The molecular weight excluding hydrogens is 398 g/mol. The summed E-state index contributed by atoms with van der Waals surface area (Å²) >= 11 is 0. The van der Waals surface area contributed by atoms with E-state index in [9.17, 15) is 8.42 Å². The second kappa shape index (κ2) is 7.92. The molecular formula is C19H21N3O6S. The normalized spacial score (nSPS) is 11.2. The Bertz CT molecular complexity index is 1100. The second-order valence-electron chi connectivity index (χ2n) is 5.89. The molecule has 0 amide bonds. The van der Waals surface area contributed by atoms with Crippen molar-refractivity contribution in [2.45, 2.75) is 4.90 Å². The van der Waals surface area contributed by atoms with Crippen LogP contribution >= 0.6 is 0 Å². The fourth-order valence-corrected chi connectivity index (χ4v) is 4.00. The highest BCUT2D eigenvalue weighted by atomic mass is 32.2. The molecule has 0 atom stereocenters. The van der Waals surface area contributed by atoms with E-state index in [4.69, 9.17) is 24.7 Å². The minimum atomic E-state index is -3.99. The second-order valence-corrected chi connectivity index (χ2v) is 7.66. The van der Waals surface area contributed by atoms with Crippen LogP contribution in [0.3, 0.4) is 0 Å². The highest BCUT2D eigenvalue weighted by Crippen LogP contribution is 2.41. The maximum atomic E-state index is 13.0. The molecule has 0 aliphatic carbocycles. The molecule has 154 valence electrons. The molecule has 29 heavy (non-hydrogen) atoms. The number of rotatable bonds is 7. The summed E-state index contributed by atoms with van der Waals surface area (Å²) in [6.07, 6.45) is 0. The maximum absolute atomic E-state index is 13.0. The fourth-order valence-electron chi connectivity index (χ4n) is 2.79. The van der Waals surface area contributed by atoms with Gasteiger partial charge in [-0.1, -0.05) is 0 Å². The number of hydrogen-bond acceptors (Lipinski definition) is 8. The molecule has 10 heteroatoms. The SMILES string of the molecule is COc1ccc(S(=O)(=O)n2nc(-c3cc(OC)c(OC)c(OC)c3)cc2N)cc1. The van der Waals surface area contributed by atoms with Crippen LogP contribution in [0.1, 0.15) is 0 Å². The maximum Gasteiger partial charge on any atom is 0.284 e. The summed E-state index contributed by atoms with van der Waals surface area (Å²) in [5.74, 6) is 1.73. The molecule has 1 aromatic heterocycles.